The second-order valence-electron chi connectivity index (χ2n) is 4.94. The highest BCUT2D eigenvalue weighted by molar-refractivity contribution is 8.00. The Hall–Kier alpha value is -1.76. The zero-order chi connectivity index (χ0) is 15.6. The third kappa shape index (κ3) is 3.47. The number of aromatic carboxylic acids is 1. The molecule has 1 aliphatic rings. The lowest BCUT2D eigenvalue weighted by Gasteiger charge is -2.37. The molecule has 1 aliphatic heterocycles. The van der Waals surface area contributed by atoms with Crippen molar-refractivity contribution in [2.45, 2.75) is 25.1 Å². The summed E-state index contributed by atoms with van der Waals surface area (Å²) in [6.07, 6.45) is 0. The standard InChI is InChI=1S/C14H17FN2O3S/c1-8-9(2)21-6-5-17(8)14(20)16-12-7-10(13(18)19)3-4-11(12)15/h3-4,7-9H,5-6H2,1-2H3,(H,16,20)(H,18,19). The van der Waals surface area contributed by atoms with E-state index in [4.69, 9.17) is 5.11 Å². The maximum Gasteiger partial charge on any atom is 0.335 e. The van der Waals surface area contributed by atoms with Gasteiger partial charge in [0, 0.05) is 23.6 Å². The van der Waals surface area contributed by atoms with Crippen LogP contribution in [0, 0.1) is 5.82 Å². The van der Waals surface area contributed by atoms with E-state index in [0.717, 1.165) is 24.0 Å². The van der Waals surface area contributed by atoms with E-state index in [-0.39, 0.29) is 17.3 Å². The Morgan fingerprint density at radius 3 is 2.81 bits per heavy atom. The quantitative estimate of drug-likeness (QED) is 0.881. The van der Waals surface area contributed by atoms with Crippen LogP contribution in [0.2, 0.25) is 0 Å². The van der Waals surface area contributed by atoms with Crippen molar-refractivity contribution in [3.63, 3.8) is 0 Å². The molecule has 0 radical (unpaired) electrons. The number of carbonyl (C=O) groups excluding carboxylic acids is 1. The molecule has 1 saturated heterocycles. The van der Waals surface area contributed by atoms with Gasteiger partial charge in [-0.15, -0.1) is 0 Å². The van der Waals surface area contributed by atoms with E-state index in [1.807, 2.05) is 13.8 Å². The van der Waals surface area contributed by atoms with Crippen LogP contribution in [0.15, 0.2) is 18.2 Å². The van der Waals surface area contributed by atoms with Gasteiger partial charge in [0.25, 0.3) is 0 Å². The summed E-state index contributed by atoms with van der Waals surface area (Å²) >= 11 is 1.79. The number of carboxylic acids is 1. The summed E-state index contributed by atoms with van der Waals surface area (Å²) in [4.78, 5) is 24.8. The number of nitrogens with one attached hydrogen (secondary N) is 1. The number of carboxylic acid groups (broad SMARTS) is 1. The van der Waals surface area contributed by atoms with E-state index >= 15 is 0 Å². The molecular formula is C14H17FN2O3S. The van der Waals surface area contributed by atoms with Crippen LogP contribution in [-0.4, -0.2) is 45.6 Å². The summed E-state index contributed by atoms with van der Waals surface area (Å²) in [6.45, 7) is 4.57. The minimum Gasteiger partial charge on any atom is -0.478 e. The Balaban J connectivity index is 2.15. The average Bonchev–Trinajstić information content (AvgIpc) is 2.43. The molecule has 1 aromatic carbocycles. The topological polar surface area (TPSA) is 69.6 Å². The molecule has 114 valence electrons. The highest BCUT2D eigenvalue weighted by Crippen LogP contribution is 2.25. The average molecular weight is 312 g/mol. The van der Waals surface area contributed by atoms with E-state index in [0.29, 0.717) is 11.8 Å². The van der Waals surface area contributed by atoms with Gasteiger partial charge < -0.3 is 15.3 Å². The van der Waals surface area contributed by atoms with Gasteiger partial charge >= 0.3 is 12.0 Å². The summed E-state index contributed by atoms with van der Waals surface area (Å²) in [5, 5.41) is 11.7. The van der Waals surface area contributed by atoms with E-state index in [2.05, 4.69) is 5.32 Å². The molecule has 0 spiro atoms. The van der Waals surface area contributed by atoms with E-state index in [1.54, 1.807) is 16.7 Å². The Morgan fingerprint density at radius 1 is 1.43 bits per heavy atom. The third-order valence-electron chi connectivity index (χ3n) is 3.60. The summed E-state index contributed by atoms with van der Waals surface area (Å²) in [7, 11) is 0. The molecule has 0 aromatic heterocycles. The largest absolute Gasteiger partial charge is 0.478 e. The number of hydrogen-bond donors (Lipinski definition) is 2. The van der Waals surface area contributed by atoms with Gasteiger partial charge in [0.2, 0.25) is 0 Å². The van der Waals surface area contributed by atoms with Gasteiger partial charge in [-0.05, 0) is 25.1 Å². The Bertz CT molecular complexity index is 567. The summed E-state index contributed by atoms with van der Waals surface area (Å²) in [6, 6.07) is 2.96. The van der Waals surface area contributed by atoms with Crippen molar-refractivity contribution < 1.29 is 19.1 Å². The number of anilines is 1. The third-order valence-corrected chi connectivity index (χ3v) is 4.94. The van der Waals surface area contributed by atoms with Crippen LogP contribution in [0.25, 0.3) is 0 Å². The monoisotopic (exact) mass is 312 g/mol. The second-order valence-corrected chi connectivity index (χ2v) is 6.42. The van der Waals surface area contributed by atoms with Crippen LogP contribution in [0.4, 0.5) is 14.9 Å². The number of halogens is 1. The van der Waals surface area contributed by atoms with Crippen molar-refractivity contribution in [2.75, 3.05) is 17.6 Å². The molecule has 0 bridgehead atoms. The Kier molecular flexibility index (Phi) is 4.72. The van der Waals surface area contributed by atoms with Crippen molar-refractivity contribution >= 4 is 29.4 Å². The lowest BCUT2D eigenvalue weighted by Crippen LogP contribution is -2.49. The first-order chi connectivity index (χ1) is 9.90. The minimum absolute atomic E-state index is 0.0365. The minimum atomic E-state index is -1.16. The molecule has 2 N–H and O–H groups in total. The van der Waals surface area contributed by atoms with E-state index in [1.165, 1.54) is 0 Å². The van der Waals surface area contributed by atoms with Crippen LogP contribution < -0.4 is 5.32 Å². The normalized spacial score (nSPS) is 22.0. The van der Waals surface area contributed by atoms with Crippen LogP contribution in [0.5, 0.6) is 0 Å². The predicted molar refractivity (Wildman–Crippen MR) is 80.5 cm³/mol. The Labute approximate surface area is 126 Å². The van der Waals surface area contributed by atoms with Crippen LogP contribution in [-0.2, 0) is 0 Å². The molecule has 2 amide bonds. The molecule has 1 heterocycles. The molecule has 0 saturated carbocycles. The summed E-state index contributed by atoms with van der Waals surface area (Å²) in [5.41, 5.74) is -0.180. The molecular weight excluding hydrogens is 295 g/mol. The number of thioether (sulfide) groups is 1. The number of benzene rings is 1. The number of nitrogens with zero attached hydrogens (tertiary/aromatic N) is 1. The number of hydrogen-bond acceptors (Lipinski definition) is 3. The zero-order valence-electron chi connectivity index (χ0n) is 11.8. The van der Waals surface area contributed by atoms with Crippen molar-refractivity contribution in [3.8, 4) is 0 Å². The van der Waals surface area contributed by atoms with Gasteiger partial charge in [-0.25, -0.2) is 14.0 Å². The molecule has 5 nitrogen and oxygen atoms in total. The highest BCUT2D eigenvalue weighted by atomic mass is 32.2. The van der Waals surface area contributed by atoms with Crippen molar-refractivity contribution in [1.82, 2.24) is 4.90 Å². The Morgan fingerprint density at radius 2 is 2.14 bits per heavy atom. The van der Waals surface area contributed by atoms with Gasteiger partial charge in [0.05, 0.1) is 11.3 Å². The number of carbonyl (C=O) groups is 2. The fourth-order valence-corrected chi connectivity index (χ4v) is 3.26. The molecule has 2 atom stereocenters. The number of rotatable bonds is 2. The molecule has 0 aliphatic carbocycles. The molecule has 2 rings (SSSR count). The predicted octanol–water partition coefficient (Wildman–Crippen LogP) is 2.88. The van der Waals surface area contributed by atoms with Crippen LogP contribution in [0.3, 0.4) is 0 Å². The van der Waals surface area contributed by atoms with E-state index < -0.39 is 17.8 Å². The lowest BCUT2D eigenvalue weighted by atomic mass is 10.2. The smallest absolute Gasteiger partial charge is 0.335 e. The molecule has 1 aromatic rings. The SMILES string of the molecule is CC1SCCN(C(=O)Nc2cc(C(=O)O)ccc2F)C1C. The first kappa shape index (κ1) is 15.6. The van der Waals surface area contributed by atoms with Gasteiger partial charge in [0.1, 0.15) is 5.82 Å². The molecule has 7 heteroatoms. The summed E-state index contributed by atoms with van der Waals surface area (Å²) in [5.74, 6) is -0.987. The molecule has 2 unspecified atom stereocenters. The maximum atomic E-state index is 13.7. The maximum absolute atomic E-state index is 13.7. The van der Waals surface area contributed by atoms with Gasteiger partial charge in [-0.3, -0.25) is 0 Å². The number of amides is 2. The highest BCUT2D eigenvalue weighted by Gasteiger charge is 2.29. The van der Waals surface area contributed by atoms with Crippen molar-refractivity contribution in [3.05, 3.63) is 29.6 Å². The van der Waals surface area contributed by atoms with Crippen molar-refractivity contribution in [1.29, 1.82) is 0 Å². The molecule has 1 fully saturated rings. The second kappa shape index (κ2) is 6.34. The zero-order valence-corrected chi connectivity index (χ0v) is 12.6. The number of urea groups is 1. The van der Waals surface area contributed by atoms with Gasteiger partial charge in [-0.2, -0.15) is 11.8 Å². The fourth-order valence-electron chi connectivity index (χ4n) is 2.16. The van der Waals surface area contributed by atoms with Crippen LogP contribution >= 0.6 is 11.8 Å². The molecule has 21 heavy (non-hydrogen) atoms. The first-order valence-corrected chi connectivity index (χ1v) is 7.67. The van der Waals surface area contributed by atoms with Crippen LogP contribution in [0.1, 0.15) is 24.2 Å². The first-order valence-electron chi connectivity index (χ1n) is 6.62. The van der Waals surface area contributed by atoms with Gasteiger partial charge in [0.15, 0.2) is 0 Å². The lowest BCUT2D eigenvalue weighted by molar-refractivity contribution is 0.0697. The van der Waals surface area contributed by atoms with Gasteiger partial charge in [-0.1, -0.05) is 6.92 Å². The fraction of sp³-hybridized carbons (Fsp3) is 0.429. The van der Waals surface area contributed by atoms with Crippen molar-refractivity contribution in [2.24, 2.45) is 0 Å². The van der Waals surface area contributed by atoms with E-state index in [9.17, 15) is 14.0 Å². The summed E-state index contributed by atoms with van der Waals surface area (Å²) < 4.78 is 13.7.